The Morgan fingerprint density at radius 2 is 2.11 bits per heavy atom. The number of carbonyl (C=O) groups excluding carboxylic acids is 1. The van der Waals surface area contributed by atoms with Crippen molar-refractivity contribution in [2.24, 2.45) is 11.7 Å². The number of primary amides is 1. The standard InChI is InChI=1S/C13H17ClN2O3/c1-3-16(7-8(2)13(18)19)11-5-4-9(14)6-10(11)12(15)17/h4-6,8H,3,7H2,1-2H3,(H2,15,17)(H,18,19). The number of hydrogen-bond acceptors (Lipinski definition) is 3. The zero-order valence-corrected chi connectivity index (χ0v) is 11.6. The topological polar surface area (TPSA) is 83.6 Å². The number of carbonyl (C=O) groups is 2. The van der Waals surface area contributed by atoms with E-state index < -0.39 is 17.8 Å². The van der Waals surface area contributed by atoms with Crippen LogP contribution in [-0.4, -0.2) is 30.1 Å². The fourth-order valence-corrected chi connectivity index (χ4v) is 1.96. The molecule has 104 valence electrons. The van der Waals surface area contributed by atoms with Crippen LogP contribution in [0.4, 0.5) is 5.69 Å². The number of benzene rings is 1. The quantitative estimate of drug-likeness (QED) is 0.837. The lowest BCUT2D eigenvalue weighted by molar-refractivity contribution is -0.140. The van der Waals surface area contributed by atoms with Gasteiger partial charge in [-0.2, -0.15) is 0 Å². The molecule has 6 heteroatoms. The summed E-state index contributed by atoms with van der Waals surface area (Å²) in [6.45, 7) is 4.37. The lowest BCUT2D eigenvalue weighted by Crippen LogP contribution is -2.33. The fraction of sp³-hybridized carbons (Fsp3) is 0.385. The van der Waals surface area contributed by atoms with Crippen LogP contribution >= 0.6 is 11.6 Å². The van der Waals surface area contributed by atoms with Gasteiger partial charge in [0.2, 0.25) is 0 Å². The van der Waals surface area contributed by atoms with Crippen molar-refractivity contribution in [3.63, 3.8) is 0 Å². The molecule has 0 radical (unpaired) electrons. The van der Waals surface area contributed by atoms with E-state index in [0.717, 1.165) is 0 Å². The molecule has 1 unspecified atom stereocenters. The Kier molecular flexibility index (Phi) is 5.18. The number of aliphatic carboxylic acids is 1. The van der Waals surface area contributed by atoms with E-state index in [1.807, 2.05) is 6.92 Å². The van der Waals surface area contributed by atoms with Crippen molar-refractivity contribution < 1.29 is 14.7 Å². The molecule has 1 atom stereocenters. The molecule has 0 aliphatic carbocycles. The molecule has 0 aliphatic rings. The molecule has 1 rings (SSSR count). The highest BCUT2D eigenvalue weighted by Crippen LogP contribution is 2.24. The third-order valence-electron chi connectivity index (χ3n) is 2.86. The van der Waals surface area contributed by atoms with Gasteiger partial charge in [0.15, 0.2) is 0 Å². The van der Waals surface area contributed by atoms with Crippen LogP contribution in [0.1, 0.15) is 24.2 Å². The maximum absolute atomic E-state index is 11.4. The molecule has 0 saturated heterocycles. The Bertz CT molecular complexity index is 491. The molecule has 0 aromatic heterocycles. The number of carboxylic acid groups (broad SMARTS) is 1. The summed E-state index contributed by atoms with van der Waals surface area (Å²) in [4.78, 5) is 24.2. The van der Waals surface area contributed by atoms with Crippen LogP contribution in [0, 0.1) is 5.92 Å². The number of amides is 1. The first-order valence-corrected chi connectivity index (χ1v) is 6.31. The van der Waals surface area contributed by atoms with Crippen molar-refractivity contribution >= 4 is 29.2 Å². The number of anilines is 1. The van der Waals surface area contributed by atoms with Gasteiger partial charge in [-0.05, 0) is 25.1 Å². The minimum atomic E-state index is -0.881. The van der Waals surface area contributed by atoms with Gasteiger partial charge in [0.05, 0.1) is 11.5 Å². The van der Waals surface area contributed by atoms with Gasteiger partial charge >= 0.3 is 5.97 Å². The summed E-state index contributed by atoms with van der Waals surface area (Å²) in [7, 11) is 0. The van der Waals surface area contributed by atoms with Crippen molar-refractivity contribution in [1.29, 1.82) is 0 Å². The smallest absolute Gasteiger partial charge is 0.308 e. The van der Waals surface area contributed by atoms with E-state index in [4.69, 9.17) is 22.4 Å². The van der Waals surface area contributed by atoms with Crippen LogP contribution in [-0.2, 0) is 4.79 Å². The number of rotatable bonds is 6. The monoisotopic (exact) mass is 284 g/mol. The summed E-state index contributed by atoms with van der Waals surface area (Å²) >= 11 is 5.84. The van der Waals surface area contributed by atoms with Crippen molar-refractivity contribution in [2.45, 2.75) is 13.8 Å². The number of halogens is 1. The van der Waals surface area contributed by atoms with Crippen molar-refractivity contribution in [2.75, 3.05) is 18.0 Å². The van der Waals surface area contributed by atoms with Gasteiger partial charge in [0.25, 0.3) is 5.91 Å². The highest BCUT2D eigenvalue weighted by atomic mass is 35.5. The lowest BCUT2D eigenvalue weighted by atomic mass is 10.1. The second kappa shape index (κ2) is 6.43. The molecule has 0 saturated carbocycles. The summed E-state index contributed by atoms with van der Waals surface area (Å²) in [5, 5.41) is 9.37. The van der Waals surface area contributed by atoms with Crippen LogP contribution in [0.5, 0.6) is 0 Å². The van der Waals surface area contributed by atoms with Crippen LogP contribution in [0.15, 0.2) is 18.2 Å². The molecule has 0 spiro atoms. The summed E-state index contributed by atoms with van der Waals surface area (Å²) in [5.41, 5.74) is 6.23. The normalized spacial score (nSPS) is 11.9. The summed E-state index contributed by atoms with van der Waals surface area (Å²) in [5.74, 6) is -2.01. The number of nitrogens with zero attached hydrogens (tertiary/aromatic N) is 1. The van der Waals surface area contributed by atoms with E-state index >= 15 is 0 Å². The molecule has 1 amide bonds. The first-order chi connectivity index (χ1) is 8.86. The lowest BCUT2D eigenvalue weighted by Gasteiger charge is -2.26. The molecule has 0 bridgehead atoms. The summed E-state index contributed by atoms with van der Waals surface area (Å²) in [6.07, 6.45) is 0. The predicted octanol–water partition coefficient (Wildman–Crippen LogP) is 1.99. The van der Waals surface area contributed by atoms with E-state index in [1.54, 1.807) is 24.0 Å². The number of nitrogens with two attached hydrogens (primary N) is 1. The Morgan fingerprint density at radius 3 is 2.58 bits per heavy atom. The first kappa shape index (κ1) is 15.3. The molecular formula is C13H17ClN2O3. The molecule has 0 aliphatic heterocycles. The Labute approximate surface area is 117 Å². The molecule has 5 nitrogen and oxygen atoms in total. The third-order valence-corrected chi connectivity index (χ3v) is 3.10. The van der Waals surface area contributed by atoms with Gasteiger partial charge in [0.1, 0.15) is 0 Å². The second-order valence-electron chi connectivity index (χ2n) is 4.30. The molecule has 1 aromatic carbocycles. The number of hydrogen-bond donors (Lipinski definition) is 2. The van der Waals surface area contributed by atoms with E-state index in [9.17, 15) is 9.59 Å². The second-order valence-corrected chi connectivity index (χ2v) is 4.74. The first-order valence-electron chi connectivity index (χ1n) is 5.93. The van der Waals surface area contributed by atoms with E-state index in [-0.39, 0.29) is 0 Å². The van der Waals surface area contributed by atoms with Crippen molar-refractivity contribution in [3.05, 3.63) is 28.8 Å². The zero-order chi connectivity index (χ0) is 14.6. The van der Waals surface area contributed by atoms with Gasteiger partial charge in [-0.1, -0.05) is 18.5 Å². The van der Waals surface area contributed by atoms with Crippen LogP contribution in [0.2, 0.25) is 5.02 Å². The minimum Gasteiger partial charge on any atom is -0.481 e. The number of carboxylic acids is 1. The fourth-order valence-electron chi connectivity index (χ4n) is 1.79. The average molecular weight is 285 g/mol. The Balaban J connectivity index is 3.11. The van der Waals surface area contributed by atoms with Gasteiger partial charge in [-0.3, -0.25) is 9.59 Å². The van der Waals surface area contributed by atoms with E-state index in [1.165, 1.54) is 6.07 Å². The van der Waals surface area contributed by atoms with Gasteiger partial charge < -0.3 is 15.7 Å². The van der Waals surface area contributed by atoms with Crippen LogP contribution < -0.4 is 10.6 Å². The largest absolute Gasteiger partial charge is 0.481 e. The summed E-state index contributed by atoms with van der Waals surface area (Å²) in [6, 6.07) is 4.82. The molecule has 0 heterocycles. The van der Waals surface area contributed by atoms with E-state index in [0.29, 0.717) is 29.4 Å². The van der Waals surface area contributed by atoms with Crippen molar-refractivity contribution in [1.82, 2.24) is 0 Å². The maximum Gasteiger partial charge on any atom is 0.308 e. The van der Waals surface area contributed by atoms with Gasteiger partial charge in [0, 0.05) is 23.8 Å². The average Bonchev–Trinajstić information content (AvgIpc) is 2.35. The van der Waals surface area contributed by atoms with E-state index in [2.05, 4.69) is 0 Å². The molecule has 0 fully saturated rings. The molecule has 1 aromatic rings. The molecular weight excluding hydrogens is 268 g/mol. The minimum absolute atomic E-state index is 0.298. The van der Waals surface area contributed by atoms with Crippen LogP contribution in [0.25, 0.3) is 0 Å². The highest BCUT2D eigenvalue weighted by Gasteiger charge is 2.19. The third kappa shape index (κ3) is 3.86. The van der Waals surface area contributed by atoms with Gasteiger partial charge in [-0.15, -0.1) is 0 Å². The maximum atomic E-state index is 11.4. The predicted molar refractivity (Wildman–Crippen MR) is 74.7 cm³/mol. The Hall–Kier alpha value is -1.75. The summed E-state index contributed by atoms with van der Waals surface area (Å²) < 4.78 is 0. The van der Waals surface area contributed by atoms with Crippen molar-refractivity contribution in [3.8, 4) is 0 Å². The zero-order valence-electron chi connectivity index (χ0n) is 10.9. The molecule has 3 N–H and O–H groups in total. The van der Waals surface area contributed by atoms with Gasteiger partial charge in [-0.25, -0.2) is 0 Å². The Morgan fingerprint density at radius 1 is 1.47 bits per heavy atom. The highest BCUT2D eigenvalue weighted by molar-refractivity contribution is 6.31. The molecule has 19 heavy (non-hydrogen) atoms. The SMILES string of the molecule is CCN(CC(C)C(=O)O)c1ccc(Cl)cc1C(N)=O. The van der Waals surface area contributed by atoms with Crippen LogP contribution in [0.3, 0.4) is 0 Å².